The lowest BCUT2D eigenvalue weighted by Crippen LogP contribution is -2.34. The molecule has 17 heavy (non-hydrogen) atoms. The first kappa shape index (κ1) is 11.9. The van der Waals surface area contributed by atoms with Crippen LogP contribution in [0.5, 0.6) is 0 Å². The van der Waals surface area contributed by atoms with Crippen LogP contribution in [0.25, 0.3) is 0 Å². The first-order valence-electron chi connectivity index (χ1n) is 5.99. The molecule has 0 saturated heterocycles. The minimum atomic E-state index is -0.337. The third-order valence-electron chi connectivity index (χ3n) is 3.32. The van der Waals surface area contributed by atoms with E-state index in [-0.39, 0.29) is 10.6 Å². The lowest BCUT2D eigenvalue weighted by atomic mass is 9.82. The molecule has 0 amide bonds. The smallest absolute Gasteiger partial charge is 0.333 e. The van der Waals surface area contributed by atoms with Crippen LogP contribution in [0, 0.1) is 16.0 Å². The van der Waals surface area contributed by atoms with Crippen molar-refractivity contribution in [2.24, 2.45) is 13.0 Å². The topological polar surface area (TPSA) is 73.0 Å². The van der Waals surface area contributed by atoms with Gasteiger partial charge in [-0.05, 0) is 25.2 Å². The number of hydrogen-bond donors (Lipinski definition) is 1. The molecule has 6 nitrogen and oxygen atoms in total. The average molecular weight is 238 g/mol. The summed E-state index contributed by atoms with van der Waals surface area (Å²) in [7, 11) is 1.75. The van der Waals surface area contributed by atoms with Gasteiger partial charge in [0, 0.05) is 13.1 Å². The minimum absolute atomic E-state index is 0.134. The molecule has 0 aromatic carbocycles. The third-order valence-corrected chi connectivity index (χ3v) is 3.32. The van der Waals surface area contributed by atoms with Gasteiger partial charge in [-0.3, -0.25) is 10.1 Å². The van der Waals surface area contributed by atoms with Crippen molar-refractivity contribution < 1.29 is 4.92 Å². The lowest BCUT2D eigenvalue weighted by molar-refractivity contribution is -0.384. The van der Waals surface area contributed by atoms with Crippen molar-refractivity contribution in [2.75, 3.05) is 5.32 Å². The second-order valence-corrected chi connectivity index (χ2v) is 4.80. The van der Waals surface area contributed by atoms with Crippen molar-refractivity contribution in [2.45, 2.75) is 39.2 Å². The number of nitrogens with zero attached hydrogens (tertiary/aromatic N) is 3. The van der Waals surface area contributed by atoms with Crippen molar-refractivity contribution in [3.63, 3.8) is 0 Å². The maximum Gasteiger partial charge on any atom is 0.333 e. The highest BCUT2D eigenvalue weighted by Crippen LogP contribution is 2.34. The summed E-state index contributed by atoms with van der Waals surface area (Å²) in [5.41, 5.74) is 0.682. The van der Waals surface area contributed by atoms with Gasteiger partial charge in [0.25, 0.3) is 0 Å². The monoisotopic (exact) mass is 238 g/mol. The van der Waals surface area contributed by atoms with Crippen LogP contribution in [0.3, 0.4) is 0 Å². The summed E-state index contributed by atoms with van der Waals surface area (Å²) in [5, 5.41) is 18.5. The molecule has 0 atom stereocenters. The van der Waals surface area contributed by atoms with E-state index >= 15 is 0 Å². The molecule has 1 N–H and O–H groups in total. The summed E-state index contributed by atoms with van der Waals surface area (Å²) < 4.78 is 1.58. The third kappa shape index (κ3) is 2.11. The Kier molecular flexibility index (Phi) is 3.04. The second kappa shape index (κ2) is 4.35. The van der Waals surface area contributed by atoms with Gasteiger partial charge in [-0.1, -0.05) is 13.8 Å². The number of rotatable bonds is 4. The molecule has 6 heteroatoms. The molecule has 1 saturated carbocycles. The van der Waals surface area contributed by atoms with E-state index in [1.807, 2.05) is 6.92 Å². The number of aryl methyl sites for hydroxylation is 2. The predicted octanol–water partition coefficient (Wildman–Crippen LogP) is 2.10. The maximum absolute atomic E-state index is 11.1. The van der Waals surface area contributed by atoms with Gasteiger partial charge >= 0.3 is 5.69 Å². The summed E-state index contributed by atoms with van der Waals surface area (Å²) in [4.78, 5) is 10.7. The van der Waals surface area contributed by atoms with Gasteiger partial charge in [0.1, 0.15) is 5.69 Å². The fourth-order valence-electron chi connectivity index (χ4n) is 2.37. The molecule has 1 aliphatic rings. The highest BCUT2D eigenvalue weighted by Gasteiger charge is 2.31. The first-order chi connectivity index (χ1) is 8.02. The van der Waals surface area contributed by atoms with Gasteiger partial charge in [0.05, 0.1) is 4.92 Å². The second-order valence-electron chi connectivity index (χ2n) is 4.80. The molecule has 94 valence electrons. The zero-order valence-electron chi connectivity index (χ0n) is 10.4. The number of nitrogens with one attached hydrogen (secondary N) is 1. The van der Waals surface area contributed by atoms with Crippen LogP contribution in [0.4, 0.5) is 11.5 Å². The molecule has 2 rings (SSSR count). The highest BCUT2D eigenvalue weighted by molar-refractivity contribution is 5.60. The highest BCUT2D eigenvalue weighted by atomic mass is 16.6. The molecule has 1 aliphatic carbocycles. The fourth-order valence-corrected chi connectivity index (χ4v) is 2.37. The van der Waals surface area contributed by atoms with E-state index < -0.39 is 0 Å². The van der Waals surface area contributed by atoms with E-state index in [9.17, 15) is 10.1 Å². The molecule has 0 bridgehead atoms. The molecule has 1 aromatic rings. The van der Waals surface area contributed by atoms with Crippen LogP contribution in [-0.4, -0.2) is 20.7 Å². The zero-order valence-corrected chi connectivity index (χ0v) is 10.4. The number of hydrogen-bond acceptors (Lipinski definition) is 4. The zero-order chi connectivity index (χ0) is 12.6. The van der Waals surface area contributed by atoms with Crippen LogP contribution in [0.15, 0.2) is 0 Å². The Morgan fingerprint density at radius 2 is 2.24 bits per heavy atom. The quantitative estimate of drug-likeness (QED) is 0.644. The van der Waals surface area contributed by atoms with Crippen LogP contribution in [0.2, 0.25) is 0 Å². The van der Waals surface area contributed by atoms with Crippen molar-refractivity contribution in [1.29, 1.82) is 0 Å². The van der Waals surface area contributed by atoms with Crippen molar-refractivity contribution in [1.82, 2.24) is 9.78 Å². The fraction of sp³-hybridized carbons (Fsp3) is 0.727. The van der Waals surface area contributed by atoms with Gasteiger partial charge < -0.3 is 5.32 Å². The van der Waals surface area contributed by atoms with E-state index in [1.54, 1.807) is 11.7 Å². The van der Waals surface area contributed by atoms with Crippen LogP contribution >= 0.6 is 0 Å². The molecule has 1 heterocycles. The van der Waals surface area contributed by atoms with Gasteiger partial charge in [-0.25, -0.2) is 4.68 Å². The predicted molar refractivity (Wildman–Crippen MR) is 65.0 cm³/mol. The Morgan fingerprint density at radius 3 is 2.71 bits per heavy atom. The number of anilines is 1. The normalized spacial score (nSPS) is 23.2. The summed E-state index contributed by atoms with van der Waals surface area (Å²) >= 11 is 0. The molecule has 0 spiro atoms. The van der Waals surface area contributed by atoms with Gasteiger partial charge in [0.2, 0.25) is 5.82 Å². The van der Waals surface area contributed by atoms with Gasteiger partial charge in [0.15, 0.2) is 0 Å². The molecule has 0 radical (unpaired) electrons. The van der Waals surface area contributed by atoms with Crippen molar-refractivity contribution in [3.05, 3.63) is 15.8 Å². The molecule has 0 unspecified atom stereocenters. The maximum atomic E-state index is 11.1. The summed E-state index contributed by atoms with van der Waals surface area (Å²) in [6, 6.07) is 0.351. The Bertz CT molecular complexity index is 435. The summed E-state index contributed by atoms with van der Waals surface area (Å²) in [6.07, 6.45) is 2.72. The van der Waals surface area contributed by atoms with E-state index in [4.69, 9.17) is 0 Å². The standard InChI is InChI=1S/C11H18N4O2/c1-4-9-10(15(16)17)11(14(3)13-9)12-8-5-7(2)6-8/h7-8,12H,4-6H2,1-3H3. The Morgan fingerprint density at radius 1 is 1.59 bits per heavy atom. The van der Waals surface area contributed by atoms with E-state index in [2.05, 4.69) is 17.3 Å². The minimum Gasteiger partial charge on any atom is -0.362 e. The number of aromatic nitrogens is 2. The average Bonchev–Trinajstić information content (AvgIpc) is 2.53. The summed E-state index contributed by atoms with van der Waals surface area (Å²) in [5.74, 6) is 1.26. The molecule has 1 fully saturated rings. The molecular weight excluding hydrogens is 220 g/mol. The molecular formula is C11H18N4O2. The molecule has 0 aliphatic heterocycles. The largest absolute Gasteiger partial charge is 0.362 e. The number of nitro groups is 1. The van der Waals surface area contributed by atoms with E-state index in [0.29, 0.717) is 29.9 Å². The lowest BCUT2D eigenvalue weighted by Gasteiger charge is -2.33. The molecule has 1 aromatic heterocycles. The van der Waals surface area contributed by atoms with Crippen LogP contribution < -0.4 is 5.32 Å². The van der Waals surface area contributed by atoms with Crippen molar-refractivity contribution >= 4 is 11.5 Å². The Labute approximate surface area is 100 Å². The van der Waals surface area contributed by atoms with Crippen molar-refractivity contribution in [3.8, 4) is 0 Å². The summed E-state index contributed by atoms with van der Waals surface area (Å²) in [6.45, 7) is 4.07. The first-order valence-corrected chi connectivity index (χ1v) is 5.99. The van der Waals surface area contributed by atoms with E-state index in [1.165, 1.54) is 0 Å². The van der Waals surface area contributed by atoms with Gasteiger partial charge in [-0.15, -0.1) is 0 Å². The van der Waals surface area contributed by atoms with Gasteiger partial charge in [-0.2, -0.15) is 5.10 Å². The Hall–Kier alpha value is -1.59. The SMILES string of the molecule is CCc1nn(C)c(NC2CC(C)C2)c1[N+](=O)[O-]. The van der Waals surface area contributed by atoms with E-state index in [0.717, 1.165) is 12.8 Å². The van der Waals surface area contributed by atoms with Crippen LogP contribution in [-0.2, 0) is 13.5 Å². The Balaban J connectivity index is 2.25. The van der Waals surface area contributed by atoms with Crippen LogP contribution in [0.1, 0.15) is 32.4 Å².